The smallest absolute Gasteiger partial charge is 0.191 e. The lowest BCUT2D eigenvalue weighted by Crippen LogP contribution is -2.51. The van der Waals surface area contributed by atoms with Crippen LogP contribution in [0.15, 0.2) is 40.9 Å². The molecule has 1 aromatic carbocycles. The molecule has 1 unspecified atom stereocenters. The molecule has 0 radical (unpaired) electrons. The largest absolute Gasteiger partial charge is 0.377 e. The molecule has 0 aromatic heterocycles. The van der Waals surface area contributed by atoms with Crippen LogP contribution in [0.2, 0.25) is 0 Å². The minimum atomic E-state index is 0.320. The molecule has 2 N–H and O–H groups in total. The van der Waals surface area contributed by atoms with E-state index in [1.165, 1.54) is 5.57 Å². The second-order valence-corrected chi connectivity index (χ2v) is 7.26. The number of hydrogen-bond donors (Lipinski definition) is 2. The van der Waals surface area contributed by atoms with Crippen molar-refractivity contribution < 1.29 is 4.74 Å². The number of nitriles is 1. The molecule has 3 rings (SSSR count). The normalized spacial score (nSPS) is 20.3. The zero-order valence-electron chi connectivity index (χ0n) is 16.8. The molecule has 0 spiro atoms. The van der Waals surface area contributed by atoms with E-state index in [2.05, 4.69) is 34.6 Å². The fourth-order valence-corrected chi connectivity index (χ4v) is 3.77. The van der Waals surface area contributed by atoms with Gasteiger partial charge >= 0.3 is 0 Å². The Bertz CT molecular complexity index is 737. The molecule has 1 saturated heterocycles. The third kappa shape index (κ3) is 5.74. The highest BCUT2D eigenvalue weighted by molar-refractivity contribution is 5.80. The number of hydrogen-bond acceptors (Lipinski definition) is 4. The van der Waals surface area contributed by atoms with Gasteiger partial charge in [0.15, 0.2) is 5.96 Å². The van der Waals surface area contributed by atoms with Gasteiger partial charge in [-0.15, -0.1) is 0 Å². The van der Waals surface area contributed by atoms with Crippen molar-refractivity contribution in [3.8, 4) is 6.07 Å². The highest BCUT2D eigenvalue weighted by Crippen LogP contribution is 2.23. The van der Waals surface area contributed by atoms with Crippen LogP contribution in [0.1, 0.15) is 38.2 Å². The molecule has 150 valence electrons. The van der Waals surface area contributed by atoms with E-state index < -0.39 is 0 Å². The first-order valence-corrected chi connectivity index (χ1v) is 10.3. The molecule has 6 nitrogen and oxygen atoms in total. The quantitative estimate of drug-likeness (QED) is 0.450. The average molecular weight is 382 g/mol. The van der Waals surface area contributed by atoms with Crippen LogP contribution in [-0.2, 0) is 4.74 Å². The van der Waals surface area contributed by atoms with Crippen molar-refractivity contribution >= 4 is 11.6 Å². The van der Waals surface area contributed by atoms with Gasteiger partial charge in [0.05, 0.1) is 24.5 Å². The molecule has 2 aliphatic rings. The van der Waals surface area contributed by atoms with Gasteiger partial charge in [0.2, 0.25) is 0 Å². The number of para-hydroxylation sites is 1. The van der Waals surface area contributed by atoms with Crippen LogP contribution >= 0.6 is 0 Å². The zero-order valence-corrected chi connectivity index (χ0v) is 16.8. The first kappa shape index (κ1) is 20.2. The Kier molecular flexibility index (Phi) is 7.74. The molecule has 6 heteroatoms. The molecular weight excluding hydrogens is 350 g/mol. The van der Waals surface area contributed by atoms with Crippen LogP contribution in [-0.4, -0.2) is 51.4 Å². The second kappa shape index (κ2) is 10.7. The van der Waals surface area contributed by atoms with E-state index in [9.17, 15) is 5.26 Å². The van der Waals surface area contributed by atoms with Gasteiger partial charge < -0.3 is 20.3 Å². The molecule has 1 atom stereocenters. The van der Waals surface area contributed by atoms with Gasteiger partial charge in [0.1, 0.15) is 6.07 Å². The minimum absolute atomic E-state index is 0.320. The Hall–Kier alpha value is -2.52. The summed E-state index contributed by atoms with van der Waals surface area (Å²) < 4.78 is 5.37. The van der Waals surface area contributed by atoms with E-state index in [0.29, 0.717) is 6.04 Å². The molecule has 0 aliphatic carbocycles. The van der Waals surface area contributed by atoms with Gasteiger partial charge in [-0.3, -0.25) is 4.99 Å². The van der Waals surface area contributed by atoms with Gasteiger partial charge in [-0.25, -0.2) is 0 Å². The van der Waals surface area contributed by atoms with E-state index in [1.807, 2.05) is 24.3 Å². The van der Waals surface area contributed by atoms with Crippen molar-refractivity contribution in [2.75, 3.05) is 44.3 Å². The lowest BCUT2D eigenvalue weighted by atomic mass is 10.0. The average Bonchev–Trinajstić information content (AvgIpc) is 2.75. The van der Waals surface area contributed by atoms with Crippen molar-refractivity contribution in [1.82, 2.24) is 10.6 Å². The molecule has 1 aromatic rings. The maximum atomic E-state index is 9.40. The van der Waals surface area contributed by atoms with Gasteiger partial charge in [0.25, 0.3) is 0 Å². The van der Waals surface area contributed by atoms with Crippen molar-refractivity contribution in [3.05, 3.63) is 41.5 Å². The highest BCUT2D eigenvalue weighted by Gasteiger charge is 2.22. The minimum Gasteiger partial charge on any atom is -0.377 e. The molecule has 0 bridgehead atoms. The Labute approximate surface area is 168 Å². The summed E-state index contributed by atoms with van der Waals surface area (Å²) in [7, 11) is 0. The molecule has 0 saturated carbocycles. The van der Waals surface area contributed by atoms with Crippen molar-refractivity contribution in [1.29, 1.82) is 5.26 Å². The molecule has 0 amide bonds. The number of anilines is 1. The molecular formula is C22H31N5O. The number of guanidine groups is 1. The molecule has 2 heterocycles. The molecule has 1 fully saturated rings. The van der Waals surface area contributed by atoms with E-state index in [1.54, 1.807) is 0 Å². The summed E-state index contributed by atoms with van der Waals surface area (Å²) in [5, 5.41) is 16.4. The summed E-state index contributed by atoms with van der Waals surface area (Å²) in [5.41, 5.74) is 3.22. The number of ether oxygens (including phenoxy) is 1. The Balaban J connectivity index is 1.58. The predicted molar refractivity (Wildman–Crippen MR) is 114 cm³/mol. The second-order valence-electron chi connectivity index (χ2n) is 7.26. The summed E-state index contributed by atoms with van der Waals surface area (Å²) in [6.45, 7) is 7.15. The number of piperidine rings is 1. The van der Waals surface area contributed by atoms with E-state index in [4.69, 9.17) is 9.73 Å². The third-order valence-electron chi connectivity index (χ3n) is 5.23. The summed E-state index contributed by atoms with van der Waals surface area (Å²) in [5.74, 6) is 0.885. The first-order chi connectivity index (χ1) is 13.8. The van der Waals surface area contributed by atoms with E-state index in [0.717, 1.165) is 82.3 Å². The van der Waals surface area contributed by atoms with Crippen LogP contribution in [0.4, 0.5) is 5.69 Å². The lowest BCUT2D eigenvalue weighted by Gasteiger charge is -2.35. The maximum absolute atomic E-state index is 9.40. The standard InChI is InChI=1S/C22H31N5O/c1-2-24-22(25-12-9-18-10-14-28-15-11-18)26-20-7-5-13-27(17-20)21-8-4-3-6-19(21)16-23/h3-4,6,8,10,20H,2,5,7,9,11-15,17H2,1H3,(H2,24,25,26). The Morgan fingerprint density at radius 2 is 2.29 bits per heavy atom. The number of aliphatic imine (C=N–C) groups is 1. The van der Waals surface area contributed by atoms with Gasteiger partial charge in [-0.2, -0.15) is 5.26 Å². The predicted octanol–water partition coefficient (Wildman–Crippen LogP) is 2.82. The summed E-state index contributed by atoms with van der Waals surface area (Å²) in [6.07, 6.45) is 6.41. The zero-order chi connectivity index (χ0) is 19.6. The van der Waals surface area contributed by atoms with Crippen LogP contribution < -0.4 is 15.5 Å². The van der Waals surface area contributed by atoms with Crippen molar-refractivity contribution in [2.24, 2.45) is 4.99 Å². The number of nitrogens with zero attached hydrogens (tertiary/aromatic N) is 3. The van der Waals surface area contributed by atoms with Crippen LogP contribution in [0.25, 0.3) is 0 Å². The number of nitrogens with one attached hydrogen (secondary N) is 2. The van der Waals surface area contributed by atoms with Crippen LogP contribution in [0, 0.1) is 11.3 Å². The fourth-order valence-electron chi connectivity index (χ4n) is 3.77. The maximum Gasteiger partial charge on any atom is 0.191 e. The summed E-state index contributed by atoms with van der Waals surface area (Å²) in [4.78, 5) is 7.09. The van der Waals surface area contributed by atoms with Gasteiger partial charge in [-0.05, 0) is 44.7 Å². The topological polar surface area (TPSA) is 72.7 Å². The third-order valence-corrected chi connectivity index (χ3v) is 5.23. The highest BCUT2D eigenvalue weighted by atomic mass is 16.5. The van der Waals surface area contributed by atoms with E-state index >= 15 is 0 Å². The monoisotopic (exact) mass is 381 g/mol. The van der Waals surface area contributed by atoms with Crippen LogP contribution in [0.5, 0.6) is 0 Å². The summed E-state index contributed by atoms with van der Waals surface area (Å²) >= 11 is 0. The number of rotatable bonds is 6. The molecule has 2 aliphatic heterocycles. The lowest BCUT2D eigenvalue weighted by molar-refractivity contribution is 0.153. The van der Waals surface area contributed by atoms with E-state index in [-0.39, 0.29) is 0 Å². The Morgan fingerprint density at radius 1 is 1.39 bits per heavy atom. The SMILES string of the molecule is CCNC(=NCCC1=CCOCC1)NC1CCCN(c2ccccc2C#N)C1. The molecule has 28 heavy (non-hydrogen) atoms. The van der Waals surface area contributed by atoms with Gasteiger partial charge in [-0.1, -0.05) is 23.8 Å². The Morgan fingerprint density at radius 3 is 3.07 bits per heavy atom. The van der Waals surface area contributed by atoms with Crippen molar-refractivity contribution in [3.63, 3.8) is 0 Å². The fraction of sp³-hybridized carbons (Fsp3) is 0.545. The summed E-state index contributed by atoms with van der Waals surface area (Å²) in [6, 6.07) is 10.5. The first-order valence-electron chi connectivity index (χ1n) is 10.3. The van der Waals surface area contributed by atoms with Crippen molar-refractivity contribution in [2.45, 2.75) is 38.6 Å². The number of benzene rings is 1. The van der Waals surface area contributed by atoms with Gasteiger partial charge in [0, 0.05) is 32.2 Å². The van der Waals surface area contributed by atoms with Crippen LogP contribution in [0.3, 0.4) is 0 Å².